The van der Waals surface area contributed by atoms with Gasteiger partial charge in [-0.05, 0) is 51.4 Å². The molecule has 10 heteroatoms. The number of rotatable bonds is 32. The highest BCUT2D eigenvalue weighted by molar-refractivity contribution is 7.47. The number of carbonyl (C=O) groups is 2. The fraction of sp³-hybridized carbons (Fsp3) is 0.676. The second-order valence-corrected chi connectivity index (χ2v) is 12.9. The Balaban J connectivity index is 4.34. The van der Waals surface area contributed by atoms with Crippen molar-refractivity contribution < 1.29 is 37.6 Å². The number of phosphoric acid groups is 1. The molecule has 0 aliphatic rings. The van der Waals surface area contributed by atoms with Gasteiger partial charge < -0.3 is 20.1 Å². The minimum absolute atomic E-state index is 0.0450. The first-order valence-electron chi connectivity index (χ1n) is 17.8. The molecule has 9 nitrogen and oxygen atoms in total. The zero-order chi connectivity index (χ0) is 34.7. The van der Waals surface area contributed by atoms with E-state index in [2.05, 4.69) is 44.2 Å². The van der Waals surface area contributed by atoms with Crippen LogP contribution in [0, 0.1) is 0 Å². The summed E-state index contributed by atoms with van der Waals surface area (Å²) in [6.45, 7) is 3.48. The van der Waals surface area contributed by atoms with Gasteiger partial charge >= 0.3 is 19.8 Å². The van der Waals surface area contributed by atoms with Crippen LogP contribution in [0.5, 0.6) is 0 Å². The van der Waals surface area contributed by atoms with Crippen LogP contribution in [0.2, 0.25) is 0 Å². The highest BCUT2D eigenvalue weighted by atomic mass is 31.2. The van der Waals surface area contributed by atoms with E-state index in [1.165, 1.54) is 12.8 Å². The van der Waals surface area contributed by atoms with Gasteiger partial charge in [-0.25, -0.2) is 4.57 Å². The van der Waals surface area contributed by atoms with Crippen LogP contribution in [0.4, 0.5) is 0 Å². The average Bonchev–Trinajstić information content (AvgIpc) is 3.05. The van der Waals surface area contributed by atoms with Crippen LogP contribution in [-0.2, 0) is 32.7 Å². The van der Waals surface area contributed by atoms with Crippen LogP contribution in [0.25, 0.3) is 0 Å². The smallest absolute Gasteiger partial charge is 0.462 e. The molecular weight excluding hydrogens is 617 g/mol. The number of unbranched alkanes of at least 4 members (excludes halogenated alkanes) is 12. The molecular formula is C37H64NO8P. The summed E-state index contributed by atoms with van der Waals surface area (Å²) in [4.78, 5) is 34.6. The third-order valence-corrected chi connectivity index (χ3v) is 7.97. The van der Waals surface area contributed by atoms with E-state index in [0.717, 1.165) is 77.0 Å². The third kappa shape index (κ3) is 33.4. The molecule has 3 N–H and O–H groups in total. The van der Waals surface area contributed by atoms with Gasteiger partial charge in [0, 0.05) is 19.4 Å². The molecule has 0 aromatic heterocycles. The summed E-state index contributed by atoms with van der Waals surface area (Å²) < 4.78 is 32.5. The first-order chi connectivity index (χ1) is 22.8. The third-order valence-electron chi connectivity index (χ3n) is 6.98. The van der Waals surface area contributed by atoms with E-state index in [4.69, 9.17) is 24.3 Å². The minimum atomic E-state index is -4.38. The van der Waals surface area contributed by atoms with Crippen LogP contribution in [-0.4, -0.2) is 49.3 Å². The molecule has 0 saturated heterocycles. The monoisotopic (exact) mass is 681 g/mol. The molecule has 47 heavy (non-hydrogen) atoms. The standard InChI is InChI=1S/C37H64NO8P/c1-3-5-7-9-11-13-15-16-17-18-20-22-24-26-28-30-37(40)46-35(34-45-47(41,42)44-32-31-38)33-43-36(39)29-27-25-23-21-19-14-12-10-8-6-4-2/h5,7,9-13,15-17,35H,3-4,6,8,14,18-34,38H2,1-2H3,(H,41,42)/b7-5+,11-9+,12-10+,15-13+,17-16+/t35-/m1/s1. The maximum absolute atomic E-state index is 12.5. The Morgan fingerprint density at radius 3 is 1.81 bits per heavy atom. The van der Waals surface area contributed by atoms with Gasteiger partial charge in [0.25, 0.3) is 0 Å². The van der Waals surface area contributed by atoms with Crippen molar-refractivity contribution in [3.8, 4) is 0 Å². The first kappa shape index (κ1) is 44.7. The Bertz CT molecular complexity index is 960. The van der Waals surface area contributed by atoms with Gasteiger partial charge in [0.15, 0.2) is 6.10 Å². The zero-order valence-electron chi connectivity index (χ0n) is 29.2. The van der Waals surface area contributed by atoms with E-state index in [9.17, 15) is 19.0 Å². The maximum Gasteiger partial charge on any atom is 0.472 e. The molecule has 0 radical (unpaired) electrons. The number of ether oxygens (including phenoxy) is 2. The van der Waals surface area contributed by atoms with Crippen molar-refractivity contribution in [3.63, 3.8) is 0 Å². The predicted molar refractivity (Wildman–Crippen MR) is 192 cm³/mol. The van der Waals surface area contributed by atoms with Crippen molar-refractivity contribution in [2.75, 3.05) is 26.4 Å². The summed E-state index contributed by atoms with van der Waals surface area (Å²) in [5, 5.41) is 0. The van der Waals surface area contributed by atoms with Crippen LogP contribution < -0.4 is 5.73 Å². The molecule has 0 bridgehead atoms. The fourth-order valence-electron chi connectivity index (χ4n) is 4.33. The molecule has 2 atom stereocenters. The van der Waals surface area contributed by atoms with Crippen LogP contribution in [0.1, 0.15) is 129 Å². The summed E-state index contributed by atoms with van der Waals surface area (Å²) >= 11 is 0. The average molecular weight is 682 g/mol. The molecule has 0 aromatic carbocycles. The number of nitrogens with two attached hydrogens (primary N) is 1. The van der Waals surface area contributed by atoms with Crippen LogP contribution >= 0.6 is 7.82 Å². The predicted octanol–water partition coefficient (Wildman–Crippen LogP) is 9.38. The topological polar surface area (TPSA) is 134 Å². The largest absolute Gasteiger partial charge is 0.472 e. The number of carbonyl (C=O) groups excluding carboxylic acids is 2. The van der Waals surface area contributed by atoms with Gasteiger partial charge in [-0.1, -0.05) is 126 Å². The number of phosphoric ester groups is 1. The zero-order valence-corrected chi connectivity index (χ0v) is 30.1. The Labute approximate surface area is 285 Å². The summed E-state index contributed by atoms with van der Waals surface area (Å²) in [6, 6.07) is 0. The lowest BCUT2D eigenvalue weighted by molar-refractivity contribution is -0.161. The molecule has 0 heterocycles. The van der Waals surface area contributed by atoms with E-state index in [-0.39, 0.29) is 32.6 Å². The quantitative estimate of drug-likeness (QED) is 0.0234. The second-order valence-electron chi connectivity index (χ2n) is 11.4. The lowest BCUT2D eigenvalue weighted by Gasteiger charge is -2.19. The van der Waals surface area contributed by atoms with Gasteiger partial charge in [0.1, 0.15) is 6.61 Å². The second kappa shape index (κ2) is 33.6. The van der Waals surface area contributed by atoms with E-state index in [0.29, 0.717) is 12.8 Å². The number of esters is 2. The molecule has 0 fully saturated rings. The Kier molecular flexibility index (Phi) is 32.0. The summed E-state index contributed by atoms with van der Waals surface area (Å²) in [7, 11) is -4.38. The van der Waals surface area contributed by atoms with Crippen molar-refractivity contribution in [2.24, 2.45) is 5.73 Å². The maximum atomic E-state index is 12.5. The number of allylic oxidation sites excluding steroid dienone is 10. The Morgan fingerprint density at radius 2 is 1.19 bits per heavy atom. The molecule has 0 aliphatic heterocycles. The number of hydrogen-bond acceptors (Lipinski definition) is 8. The van der Waals surface area contributed by atoms with E-state index < -0.39 is 32.5 Å². The molecule has 0 aliphatic carbocycles. The number of hydrogen-bond donors (Lipinski definition) is 2. The highest BCUT2D eigenvalue weighted by Crippen LogP contribution is 2.43. The van der Waals surface area contributed by atoms with Crippen molar-refractivity contribution in [3.05, 3.63) is 60.8 Å². The lowest BCUT2D eigenvalue weighted by atomic mass is 10.1. The van der Waals surface area contributed by atoms with Gasteiger partial charge in [-0.3, -0.25) is 18.6 Å². The normalized spacial score (nSPS) is 14.2. The SMILES string of the molecule is CC/C=C/C=C/C=C/C=C/CCCCCCCC(=O)O[C@H](COC(=O)CCCCCCC/C=C/CCCC)COP(=O)(O)OCCN. The van der Waals surface area contributed by atoms with E-state index in [1.807, 2.05) is 30.4 Å². The highest BCUT2D eigenvalue weighted by Gasteiger charge is 2.25. The van der Waals surface area contributed by atoms with Gasteiger partial charge in [-0.15, -0.1) is 0 Å². The van der Waals surface area contributed by atoms with Crippen molar-refractivity contribution in [2.45, 2.75) is 136 Å². The van der Waals surface area contributed by atoms with E-state index in [1.54, 1.807) is 0 Å². The minimum Gasteiger partial charge on any atom is -0.462 e. The molecule has 0 spiro atoms. The molecule has 0 saturated carbocycles. The van der Waals surface area contributed by atoms with Crippen LogP contribution in [0.15, 0.2) is 60.8 Å². The van der Waals surface area contributed by atoms with Gasteiger partial charge in [0.05, 0.1) is 13.2 Å². The van der Waals surface area contributed by atoms with Crippen molar-refractivity contribution in [1.29, 1.82) is 0 Å². The Hall–Kier alpha value is -2.29. The summed E-state index contributed by atoms with van der Waals surface area (Å²) in [5.74, 6) is -0.876. The molecule has 0 rings (SSSR count). The van der Waals surface area contributed by atoms with Gasteiger partial charge in [0.2, 0.25) is 0 Å². The molecule has 0 aromatic rings. The fourth-order valence-corrected chi connectivity index (χ4v) is 5.09. The van der Waals surface area contributed by atoms with Crippen LogP contribution in [0.3, 0.4) is 0 Å². The van der Waals surface area contributed by atoms with Gasteiger partial charge in [-0.2, -0.15) is 0 Å². The summed E-state index contributed by atoms with van der Waals surface area (Å²) in [5.41, 5.74) is 5.32. The van der Waals surface area contributed by atoms with E-state index >= 15 is 0 Å². The molecule has 0 amide bonds. The van der Waals surface area contributed by atoms with Crippen molar-refractivity contribution in [1.82, 2.24) is 0 Å². The van der Waals surface area contributed by atoms with Crippen molar-refractivity contribution >= 4 is 19.8 Å². The Morgan fingerprint density at radius 1 is 0.660 bits per heavy atom. The first-order valence-corrected chi connectivity index (χ1v) is 19.3. The lowest BCUT2D eigenvalue weighted by Crippen LogP contribution is -2.29. The molecule has 1 unspecified atom stereocenters. The molecule has 270 valence electrons. The summed E-state index contributed by atoms with van der Waals surface area (Å²) in [6.07, 6.45) is 36.8.